The zero-order valence-corrected chi connectivity index (χ0v) is 11.0. The minimum absolute atomic E-state index is 0.0413. The molecule has 6 heteroatoms. The van der Waals surface area contributed by atoms with Gasteiger partial charge < -0.3 is 15.7 Å². The number of nitrogens with two attached hydrogens (primary N) is 1. The maximum Gasteiger partial charge on any atom is 0.261 e. The van der Waals surface area contributed by atoms with E-state index in [1.54, 1.807) is 13.8 Å². The SMILES string of the molecule is CC(C)N(CC(N)=S)C(=O)c1c(O)cccc1F. The zero-order valence-electron chi connectivity index (χ0n) is 10.2. The number of carbonyl (C=O) groups excluding carboxylic acids is 1. The Morgan fingerprint density at radius 3 is 2.61 bits per heavy atom. The number of carbonyl (C=O) groups is 1. The van der Waals surface area contributed by atoms with Gasteiger partial charge in [0.15, 0.2) is 0 Å². The summed E-state index contributed by atoms with van der Waals surface area (Å²) in [6.45, 7) is 3.56. The highest BCUT2D eigenvalue weighted by Crippen LogP contribution is 2.22. The molecule has 0 saturated carbocycles. The van der Waals surface area contributed by atoms with Gasteiger partial charge in [0.05, 0.1) is 11.5 Å². The number of benzene rings is 1. The quantitative estimate of drug-likeness (QED) is 0.817. The predicted octanol–water partition coefficient (Wildman–Crippen LogP) is 1.67. The van der Waals surface area contributed by atoms with Gasteiger partial charge in [0.1, 0.15) is 17.1 Å². The molecule has 3 N–H and O–H groups in total. The van der Waals surface area contributed by atoms with Crippen LogP contribution < -0.4 is 5.73 Å². The summed E-state index contributed by atoms with van der Waals surface area (Å²) in [5.41, 5.74) is 5.05. The molecule has 0 aliphatic rings. The van der Waals surface area contributed by atoms with E-state index in [-0.39, 0.29) is 23.1 Å². The number of aromatic hydroxyl groups is 1. The lowest BCUT2D eigenvalue weighted by molar-refractivity contribution is 0.0728. The Morgan fingerprint density at radius 2 is 2.17 bits per heavy atom. The summed E-state index contributed by atoms with van der Waals surface area (Å²) in [6, 6.07) is 3.49. The van der Waals surface area contributed by atoms with Crippen molar-refractivity contribution < 1.29 is 14.3 Å². The molecule has 1 amide bonds. The van der Waals surface area contributed by atoms with E-state index in [1.807, 2.05) is 0 Å². The smallest absolute Gasteiger partial charge is 0.261 e. The second-order valence-electron chi connectivity index (χ2n) is 4.13. The minimum atomic E-state index is -0.770. The first kappa shape index (κ1) is 14.4. The van der Waals surface area contributed by atoms with Crippen LogP contribution in [-0.4, -0.2) is 33.5 Å². The van der Waals surface area contributed by atoms with Crippen molar-refractivity contribution in [1.82, 2.24) is 4.90 Å². The Kier molecular flexibility index (Phi) is 4.61. The number of thiocarbonyl (C=S) groups is 1. The fourth-order valence-electron chi connectivity index (χ4n) is 1.52. The van der Waals surface area contributed by atoms with Crippen LogP contribution in [0.2, 0.25) is 0 Å². The van der Waals surface area contributed by atoms with Crippen LogP contribution in [0.1, 0.15) is 24.2 Å². The van der Waals surface area contributed by atoms with Gasteiger partial charge in [-0.15, -0.1) is 0 Å². The molecule has 0 aromatic heterocycles. The summed E-state index contributed by atoms with van der Waals surface area (Å²) in [7, 11) is 0. The highest BCUT2D eigenvalue weighted by molar-refractivity contribution is 7.80. The molecule has 0 saturated heterocycles. The maximum atomic E-state index is 13.6. The number of halogens is 1. The molecule has 0 aliphatic carbocycles. The maximum absolute atomic E-state index is 13.6. The van der Waals surface area contributed by atoms with E-state index in [4.69, 9.17) is 18.0 Å². The molecule has 0 bridgehead atoms. The Balaban J connectivity index is 3.14. The highest BCUT2D eigenvalue weighted by atomic mass is 32.1. The number of hydrogen-bond acceptors (Lipinski definition) is 3. The Hall–Kier alpha value is -1.69. The third-order valence-corrected chi connectivity index (χ3v) is 2.54. The van der Waals surface area contributed by atoms with Crippen LogP contribution >= 0.6 is 12.2 Å². The average Bonchev–Trinajstić information content (AvgIpc) is 2.24. The van der Waals surface area contributed by atoms with E-state index in [2.05, 4.69) is 0 Å². The van der Waals surface area contributed by atoms with E-state index in [1.165, 1.54) is 17.0 Å². The first-order chi connectivity index (χ1) is 8.34. The zero-order chi connectivity index (χ0) is 13.9. The highest BCUT2D eigenvalue weighted by Gasteiger charge is 2.24. The summed E-state index contributed by atoms with van der Waals surface area (Å²) in [4.78, 5) is 13.6. The molecule has 18 heavy (non-hydrogen) atoms. The molecule has 0 fully saturated rings. The number of amides is 1. The van der Waals surface area contributed by atoms with Gasteiger partial charge in [-0.05, 0) is 26.0 Å². The lowest BCUT2D eigenvalue weighted by Crippen LogP contribution is -2.42. The van der Waals surface area contributed by atoms with Gasteiger partial charge in [-0.1, -0.05) is 18.3 Å². The number of phenols is 1. The summed E-state index contributed by atoms with van der Waals surface area (Å²) in [5, 5.41) is 9.57. The molecule has 0 radical (unpaired) electrons. The van der Waals surface area contributed by atoms with Crippen molar-refractivity contribution in [1.29, 1.82) is 0 Å². The van der Waals surface area contributed by atoms with Gasteiger partial charge >= 0.3 is 0 Å². The van der Waals surface area contributed by atoms with Crippen molar-refractivity contribution in [2.24, 2.45) is 5.73 Å². The molecule has 1 rings (SSSR count). The van der Waals surface area contributed by atoms with E-state index in [0.29, 0.717) is 0 Å². The van der Waals surface area contributed by atoms with Crippen LogP contribution in [0, 0.1) is 5.82 Å². The summed E-state index contributed by atoms with van der Waals surface area (Å²) in [6.07, 6.45) is 0. The molecule has 0 unspecified atom stereocenters. The van der Waals surface area contributed by atoms with Crippen LogP contribution in [0.5, 0.6) is 5.75 Å². The molecule has 1 aromatic carbocycles. The molecule has 1 aromatic rings. The fourth-order valence-corrected chi connectivity index (χ4v) is 1.66. The largest absolute Gasteiger partial charge is 0.507 e. The van der Waals surface area contributed by atoms with Gasteiger partial charge in [0.25, 0.3) is 5.91 Å². The monoisotopic (exact) mass is 270 g/mol. The fraction of sp³-hybridized carbons (Fsp3) is 0.333. The van der Waals surface area contributed by atoms with Crippen molar-refractivity contribution >= 4 is 23.1 Å². The Labute approximate surface area is 110 Å². The minimum Gasteiger partial charge on any atom is -0.507 e. The van der Waals surface area contributed by atoms with Crippen molar-refractivity contribution in [3.63, 3.8) is 0 Å². The van der Waals surface area contributed by atoms with Gasteiger partial charge in [0, 0.05) is 6.04 Å². The van der Waals surface area contributed by atoms with Crippen LogP contribution in [-0.2, 0) is 0 Å². The number of phenolic OH excluding ortho intramolecular Hbond substituents is 1. The van der Waals surface area contributed by atoms with E-state index in [9.17, 15) is 14.3 Å². The lowest BCUT2D eigenvalue weighted by Gasteiger charge is -2.26. The summed E-state index contributed by atoms with van der Waals surface area (Å²) >= 11 is 4.75. The summed E-state index contributed by atoms with van der Waals surface area (Å²) < 4.78 is 13.6. The topological polar surface area (TPSA) is 66.6 Å². The van der Waals surface area contributed by atoms with Gasteiger partial charge in [-0.2, -0.15) is 0 Å². The lowest BCUT2D eigenvalue weighted by atomic mass is 10.1. The first-order valence-corrected chi connectivity index (χ1v) is 5.82. The summed E-state index contributed by atoms with van der Waals surface area (Å²) in [5.74, 6) is -1.80. The van der Waals surface area contributed by atoms with Crippen LogP contribution in [0.4, 0.5) is 4.39 Å². The van der Waals surface area contributed by atoms with Gasteiger partial charge in [-0.3, -0.25) is 4.79 Å². The van der Waals surface area contributed by atoms with Crippen LogP contribution in [0.15, 0.2) is 18.2 Å². The van der Waals surface area contributed by atoms with Crippen molar-refractivity contribution in [2.75, 3.05) is 6.54 Å². The third kappa shape index (κ3) is 3.16. The molecule has 0 aliphatic heterocycles. The third-order valence-electron chi connectivity index (χ3n) is 2.42. The molecule has 0 heterocycles. The number of nitrogens with zero attached hydrogens (tertiary/aromatic N) is 1. The standard InChI is InChI=1S/C12H15FN2O2S/c1-7(2)15(6-10(14)18)12(17)11-8(13)4-3-5-9(11)16/h3-5,7,16H,6H2,1-2H3,(H2,14,18). The average molecular weight is 270 g/mol. The molecular formula is C12H15FN2O2S. The molecule has 98 valence electrons. The van der Waals surface area contributed by atoms with Crippen molar-refractivity contribution in [3.05, 3.63) is 29.6 Å². The Bertz CT molecular complexity index is 457. The van der Waals surface area contributed by atoms with Gasteiger partial charge in [0.2, 0.25) is 0 Å². The second kappa shape index (κ2) is 5.77. The van der Waals surface area contributed by atoms with Gasteiger partial charge in [-0.25, -0.2) is 4.39 Å². The number of hydrogen-bond donors (Lipinski definition) is 2. The molecular weight excluding hydrogens is 255 g/mol. The van der Waals surface area contributed by atoms with Crippen LogP contribution in [0.25, 0.3) is 0 Å². The van der Waals surface area contributed by atoms with Crippen molar-refractivity contribution in [2.45, 2.75) is 19.9 Å². The predicted molar refractivity (Wildman–Crippen MR) is 71.0 cm³/mol. The van der Waals surface area contributed by atoms with Crippen LogP contribution in [0.3, 0.4) is 0 Å². The Morgan fingerprint density at radius 1 is 1.56 bits per heavy atom. The van der Waals surface area contributed by atoms with E-state index >= 15 is 0 Å². The first-order valence-electron chi connectivity index (χ1n) is 5.41. The van der Waals surface area contributed by atoms with E-state index < -0.39 is 17.5 Å². The van der Waals surface area contributed by atoms with E-state index in [0.717, 1.165) is 6.07 Å². The number of rotatable bonds is 4. The molecule has 4 nitrogen and oxygen atoms in total. The second-order valence-corrected chi connectivity index (χ2v) is 4.65. The normalized spacial score (nSPS) is 10.4. The molecule has 0 atom stereocenters. The van der Waals surface area contributed by atoms with Crippen molar-refractivity contribution in [3.8, 4) is 5.75 Å². The molecule has 0 spiro atoms.